The Morgan fingerprint density at radius 1 is 1.25 bits per heavy atom. The molecule has 3 rings (SSSR count). The van der Waals surface area contributed by atoms with E-state index in [1.807, 2.05) is 30.3 Å². The lowest BCUT2D eigenvalue weighted by Crippen LogP contribution is -2.01. The maximum atomic E-state index is 6.41. The van der Waals surface area contributed by atoms with Crippen LogP contribution in [0.3, 0.4) is 0 Å². The minimum atomic E-state index is 0.344. The summed E-state index contributed by atoms with van der Waals surface area (Å²) in [6.45, 7) is 2.07. The zero-order valence-corrected chi connectivity index (χ0v) is 14.4. The van der Waals surface area contributed by atoms with Gasteiger partial charge in [0.25, 0.3) is 0 Å². The molecule has 0 N–H and O–H groups in total. The van der Waals surface area contributed by atoms with Crippen LogP contribution in [0.1, 0.15) is 11.4 Å². The van der Waals surface area contributed by atoms with Gasteiger partial charge in [-0.3, -0.25) is 4.57 Å². The number of fused-ring (bicyclic) bond motifs is 1. The lowest BCUT2D eigenvalue weighted by atomic mass is 10.2. The van der Waals surface area contributed by atoms with Crippen molar-refractivity contribution in [3.05, 3.63) is 56.4 Å². The molecule has 5 heteroatoms. The van der Waals surface area contributed by atoms with Crippen molar-refractivity contribution in [2.75, 3.05) is 0 Å². The minimum absolute atomic E-state index is 0.344. The van der Waals surface area contributed by atoms with Gasteiger partial charge in [0.05, 0.1) is 27.6 Å². The highest BCUT2D eigenvalue weighted by Crippen LogP contribution is 2.30. The molecular weight excluding hydrogens is 406 g/mol. The van der Waals surface area contributed by atoms with E-state index in [1.54, 1.807) is 0 Å². The fourth-order valence-corrected chi connectivity index (χ4v) is 3.47. The smallest absolute Gasteiger partial charge is 0.129 e. The van der Waals surface area contributed by atoms with Gasteiger partial charge in [-0.05, 0) is 59.3 Å². The summed E-state index contributed by atoms with van der Waals surface area (Å²) in [4.78, 5) is 4.60. The van der Waals surface area contributed by atoms with Crippen molar-refractivity contribution >= 4 is 56.8 Å². The Labute approximate surface area is 140 Å². The highest BCUT2D eigenvalue weighted by atomic mass is 127. The molecule has 0 atom stereocenters. The van der Waals surface area contributed by atoms with Gasteiger partial charge in [-0.1, -0.05) is 23.7 Å². The number of alkyl halides is 1. The number of aryl methyl sites for hydroxylation is 1. The second-order valence-corrected chi connectivity index (χ2v) is 6.46. The van der Waals surface area contributed by atoms with Crippen LogP contribution in [0.25, 0.3) is 16.7 Å². The Balaban J connectivity index is 2.39. The average molecular weight is 417 g/mol. The van der Waals surface area contributed by atoms with E-state index in [0.717, 1.165) is 31.7 Å². The first-order valence-corrected chi connectivity index (χ1v) is 8.09. The molecule has 0 fully saturated rings. The predicted octanol–water partition coefficient (Wildman–Crippen LogP) is 5.33. The molecule has 0 aliphatic rings. The summed E-state index contributed by atoms with van der Waals surface area (Å²) in [7, 11) is 0. The van der Waals surface area contributed by atoms with Gasteiger partial charge >= 0.3 is 0 Å². The maximum Gasteiger partial charge on any atom is 0.129 e. The Morgan fingerprint density at radius 2 is 2.05 bits per heavy atom. The van der Waals surface area contributed by atoms with Gasteiger partial charge in [-0.2, -0.15) is 0 Å². The molecule has 0 saturated heterocycles. The number of hydrogen-bond acceptors (Lipinski definition) is 1. The zero-order chi connectivity index (χ0) is 14.3. The zero-order valence-electron chi connectivity index (χ0n) is 10.7. The van der Waals surface area contributed by atoms with E-state index in [2.05, 4.69) is 45.1 Å². The number of hydrogen-bond donors (Lipinski definition) is 0. The van der Waals surface area contributed by atoms with Gasteiger partial charge in [0.1, 0.15) is 5.82 Å². The molecule has 0 unspecified atom stereocenters. The number of nitrogens with zero attached hydrogens (tertiary/aromatic N) is 2. The van der Waals surface area contributed by atoms with E-state index in [1.165, 1.54) is 0 Å². The number of rotatable bonds is 2. The summed E-state index contributed by atoms with van der Waals surface area (Å²) in [6.07, 6.45) is 0. The van der Waals surface area contributed by atoms with Crippen LogP contribution in [-0.2, 0) is 5.88 Å². The number of halogens is 3. The van der Waals surface area contributed by atoms with Crippen LogP contribution >= 0.6 is 45.8 Å². The van der Waals surface area contributed by atoms with E-state index in [9.17, 15) is 0 Å². The minimum Gasteiger partial charge on any atom is -0.294 e. The van der Waals surface area contributed by atoms with Gasteiger partial charge in [-0.15, -0.1) is 11.6 Å². The van der Waals surface area contributed by atoms with Crippen LogP contribution in [0.5, 0.6) is 0 Å². The topological polar surface area (TPSA) is 17.8 Å². The molecule has 0 bridgehead atoms. The molecule has 0 spiro atoms. The van der Waals surface area contributed by atoms with Crippen LogP contribution in [0, 0.1) is 10.5 Å². The van der Waals surface area contributed by atoms with Gasteiger partial charge in [0.15, 0.2) is 0 Å². The lowest BCUT2D eigenvalue weighted by Gasteiger charge is -2.11. The van der Waals surface area contributed by atoms with Gasteiger partial charge in [0, 0.05) is 3.57 Å². The van der Waals surface area contributed by atoms with Crippen molar-refractivity contribution in [3.8, 4) is 5.69 Å². The SMILES string of the molecule is Cc1cccc2nc(CCl)n(-c3ccc(I)cc3Cl)c12. The normalized spacial score (nSPS) is 11.2. The summed E-state index contributed by atoms with van der Waals surface area (Å²) >= 11 is 14.7. The highest BCUT2D eigenvalue weighted by Gasteiger charge is 2.15. The van der Waals surface area contributed by atoms with Crippen LogP contribution in [-0.4, -0.2) is 9.55 Å². The Hall–Kier alpha value is -0.780. The third-order valence-corrected chi connectivity index (χ3v) is 4.43. The lowest BCUT2D eigenvalue weighted by molar-refractivity contribution is 0.979. The molecule has 2 nitrogen and oxygen atoms in total. The second-order valence-electron chi connectivity index (χ2n) is 4.54. The van der Waals surface area contributed by atoms with E-state index in [0.29, 0.717) is 10.9 Å². The first-order valence-electron chi connectivity index (χ1n) is 6.10. The maximum absolute atomic E-state index is 6.41. The third kappa shape index (κ3) is 2.32. The van der Waals surface area contributed by atoms with Crippen molar-refractivity contribution in [3.63, 3.8) is 0 Å². The van der Waals surface area contributed by atoms with Gasteiger partial charge < -0.3 is 0 Å². The Kier molecular flexibility index (Phi) is 3.93. The monoisotopic (exact) mass is 416 g/mol. The highest BCUT2D eigenvalue weighted by molar-refractivity contribution is 14.1. The second kappa shape index (κ2) is 5.54. The number of aromatic nitrogens is 2. The van der Waals surface area contributed by atoms with Crippen molar-refractivity contribution in [2.45, 2.75) is 12.8 Å². The molecular formula is C15H11Cl2IN2. The molecule has 1 heterocycles. The van der Waals surface area contributed by atoms with Crippen LogP contribution in [0.4, 0.5) is 0 Å². The summed E-state index contributed by atoms with van der Waals surface area (Å²) in [5.74, 6) is 1.15. The first kappa shape index (κ1) is 14.2. The van der Waals surface area contributed by atoms with Crippen molar-refractivity contribution in [1.29, 1.82) is 0 Å². The summed E-state index contributed by atoms with van der Waals surface area (Å²) in [5.41, 5.74) is 4.07. The van der Waals surface area contributed by atoms with E-state index in [-0.39, 0.29) is 0 Å². The van der Waals surface area contributed by atoms with Crippen molar-refractivity contribution in [2.24, 2.45) is 0 Å². The molecule has 0 amide bonds. The summed E-state index contributed by atoms with van der Waals surface area (Å²) in [6, 6.07) is 12.0. The number of benzene rings is 2. The van der Waals surface area contributed by atoms with E-state index in [4.69, 9.17) is 23.2 Å². The molecule has 2 aromatic carbocycles. The fourth-order valence-electron chi connectivity index (χ4n) is 2.35. The molecule has 0 aliphatic heterocycles. The molecule has 0 radical (unpaired) electrons. The average Bonchev–Trinajstić information content (AvgIpc) is 2.79. The Morgan fingerprint density at radius 3 is 2.75 bits per heavy atom. The largest absolute Gasteiger partial charge is 0.294 e. The van der Waals surface area contributed by atoms with E-state index < -0.39 is 0 Å². The quantitative estimate of drug-likeness (QED) is 0.407. The Bertz CT molecular complexity index is 796. The molecule has 1 aromatic heterocycles. The van der Waals surface area contributed by atoms with E-state index >= 15 is 0 Å². The number of para-hydroxylation sites is 1. The molecule has 0 saturated carbocycles. The summed E-state index contributed by atoms with van der Waals surface area (Å²) < 4.78 is 3.15. The van der Waals surface area contributed by atoms with Crippen LogP contribution in [0.15, 0.2) is 36.4 Å². The molecule has 102 valence electrons. The summed E-state index contributed by atoms with van der Waals surface area (Å²) in [5, 5.41) is 0.700. The van der Waals surface area contributed by atoms with Crippen LogP contribution in [0.2, 0.25) is 5.02 Å². The molecule has 20 heavy (non-hydrogen) atoms. The molecule has 0 aliphatic carbocycles. The predicted molar refractivity (Wildman–Crippen MR) is 93.1 cm³/mol. The van der Waals surface area contributed by atoms with Crippen molar-refractivity contribution < 1.29 is 0 Å². The first-order chi connectivity index (χ1) is 9.61. The van der Waals surface area contributed by atoms with Gasteiger partial charge in [0.2, 0.25) is 0 Å². The van der Waals surface area contributed by atoms with Crippen molar-refractivity contribution in [1.82, 2.24) is 9.55 Å². The third-order valence-electron chi connectivity index (χ3n) is 3.22. The molecule has 3 aromatic rings. The van der Waals surface area contributed by atoms with Crippen LogP contribution < -0.4 is 0 Å². The number of imidazole rings is 1. The van der Waals surface area contributed by atoms with Gasteiger partial charge in [-0.25, -0.2) is 4.98 Å². The fraction of sp³-hybridized carbons (Fsp3) is 0.133. The standard InChI is InChI=1S/C15H11Cl2IN2/c1-9-3-2-4-12-15(9)20(14(8-16)19-12)13-6-5-10(18)7-11(13)17/h2-7H,8H2,1H3.